The Kier molecular flexibility index (Phi) is 6.72. The van der Waals surface area contributed by atoms with Gasteiger partial charge in [0.2, 0.25) is 0 Å². The number of piperidine rings is 2. The average molecular weight is 450 g/mol. The average Bonchev–Trinajstić information content (AvgIpc) is 3.28. The fourth-order valence-corrected chi connectivity index (χ4v) is 6.34. The van der Waals surface area contributed by atoms with Crippen LogP contribution in [-0.2, 0) is 0 Å². The van der Waals surface area contributed by atoms with Crippen molar-refractivity contribution in [2.45, 2.75) is 38.1 Å². The maximum atomic E-state index is 4.72. The summed E-state index contributed by atoms with van der Waals surface area (Å²) in [6.45, 7) is 6.13. The molecular formula is C26H35N5S. The molecule has 0 radical (unpaired) electrons. The first kappa shape index (κ1) is 21.8. The van der Waals surface area contributed by atoms with Crippen LogP contribution in [0.2, 0.25) is 0 Å². The van der Waals surface area contributed by atoms with Gasteiger partial charge in [-0.3, -0.25) is 0 Å². The van der Waals surface area contributed by atoms with Crippen LogP contribution >= 0.6 is 11.3 Å². The van der Waals surface area contributed by atoms with Crippen LogP contribution in [0.25, 0.3) is 21.3 Å². The molecule has 0 aliphatic carbocycles. The summed E-state index contributed by atoms with van der Waals surface area (Å²) in [5, 5.41) is 3.42. The van der Waals surface area contributed by atoms with E-state index in [1.54, 1.807) is 17.7 Å². The number of nitrogens with zero attached hydrogens (tertiary/aromatic N) is 5. The zero-order valence-electron chi connectivity index (χ0n) is 19.4. The second kappa shape index (κ2) is 9.86. The maximum Gasteiger partial charge on any atom is 0.141 e. The Hall–Kier alpha value is -2.02. The minimum Gasteiger partial charge on any atom is -0.359 e. The molecule has 0 amide bonds. The summed E-state index contributed by atoms with van der Waals surface area (Å²) in [6, 6.07) is 11.4. The van der Waals surface area contributed by atoms with Gasteiger partial charge >= 0.3 is 0 Å². The summed E-state index contributed by atoms with van der Waals surface area (Å²) in [5.74, 6) is 1.90. The summed E-state index contributed by atoms with van der Waals surface area (Å²) in [5.41, 5.74) is 2.49. The van der Waals surface area contributed by atoms with E-state index in [-0.39, 0.29) is 0 Å². The highest BCUT2D eigenvalue weighted by molar-refractivity contribution is 7.17. The van der Waals surface area contributed by atoms with Gasteiger partial charge in [-0.1, -0.05) is 30.3 Å². The van der Waals surface area contributed by atoms with Crippen molar-refractivity contribution in [3.8, 4) is 11.1 Å². The number of likely N-dealkylation sites (tertiary alicyclic amines) is 2. The van der Waals surface area contributed by atoms with E-state index in [2.05, 4.69) is 69.5 Å². The molecule has 0 atom stereocenters. The van der Waals surface area contributed by atoms with Crippen LogP contribution in [0.3, 0.4) is 0 Å². The van der Waals surface area contributed by atoms with Gasteiger partial charge in [0.25, 0.3) is 0 Å². The largest absolute Gasteiger partial charge is 0.359 e. The second-order valence-electron chi connectivity index (χ2n) is 9.62. The summed E-state index contributed by atoms with van der Waals surface area (Å²) in [6.07, 6.45) is 8.34. The van der Waals surface area contributed by atoms with Crippen LogP contribution in [0.1, 0.15) is 32.1 Å². The number of rotatable bonds is 6. The van der Waals surface area contributed by atoms with Gasteiger partial charge < -0.3 is 14.7 Å². The van der Waals surface area contributed by atoms with Gasteiger partial charge in [-0.05, 0) is 76.8 Å². The van der Waals surface area contributed by atoms with Crippen LogP contribution in [0.4, 0.5) is 5.82 Å². The van der Waals surface area contributed by atoms with E-state index in [0.717, 1.165) is 29.2 Å². The lowest BCUT2D eigenvalue weighted by molar-refractivity contribution is 0.0842. The smallest absolute Gasteiger partial charge is 0.141 e. The van der Waals surface area contributed by atoms with Crippen molar-refractivity contribution in [3.05, 3.63) is 42.0 Å². The predicted molar refractivity (Wildman–Crippen MR) is 136 cm³/mol. The van der Waals surface area contributed by atoms with Crippen molar-refractivity contribution in [2.75, 3.05) is 51.7 Å². The molecule has 5 nitrogen and oxygen atoms in total. The molecule has 1 aromatic carbocycles. The molecule has 32 heavy (non-hydrogen) atoms. The zero-order valence-corrected chi connectivity index (χ0v) is 20.2. The van der Waals surface area contributed by atoms with Crippen LogP contribution in [0.5, 0.6) is 0 Å². The third-order valence-electron chi connectivity index (χ3n) is 7.52. The number of hydrogen-bond donors (Lipinski definition) is 0. The summed E-state index contributed by atoms with van der Waals surface area (Å²) in [4.78, 5) is 17.9. The number of hydrogen-bond acceptors (Lipinski definition) is 6. The molecule has 2 aliphatic rings. The van der Waals surface area contributed by atoms with E-state index in [1.165, 1.54) is 74.8 Å². The lowest BCUT2D eigenvalue weighted by Gasteiger charge is -2.41. The maximum absolute atomic E-state index is 4.72. The highest BCUT2D eigenvalue weighted by Gasteiger charge is 2.27. The van der Waals surface area contributed by atoms with E-state index in [1.807, 2.05) is 0 Å². The topological polar surface area (TPSA) is 35.5 Å². The van der Waals surface area contributed by atoms with Gasteiger partial charge in [0.1, 0.15) is 17.0 Å². The molecule has 170 valence electrons. The quantitative estimate of drug-likeness (QED) is 0.530. The highest BCUT2D eigenvalue weighted by atomic mass is 32.1. The molecule has 4 heterocycles. The number of aromatic nitrogens is 2. The fraction of sp³-hybridized carbons (Fsp3) is 0.538. The van der Waals surface area contributed by atoms with Gasteiger partial charge in [0.15, 0.2) is 0 Å². The highest BCUT2D eigenvalue weighted by Crippen LogP contribution is 2.37. The molecular weight excluding hydrogens is 414 g/mol. The van der Waals surface area contributed by atoms with Crippen LogP contribution in [-0.4, -0.2) is 72.6 Å². The molecule has 5 rings (SSSR count). The van der Waals surface area contributed by atoms with Gasteiger partial charge in [-0.25, -0.2) is 9.97 Å². The van der Waals surface area contributed by atoms with E-state index >= 15 is 0 Å². The van der Waals surface area contributed by atoms with Crippen molar-refractivity contribution >= 4 is 27.4 Å². The molecule has 2 aromatic heterocycles. The lowest BCUT2D eigenvalue weighted by Crippen LogP contribution is -2.47. The van der Waals surface area contributed by atoms with Crippen molar-refractivity contribution in [3.63, 3.8) is 0 Å². The Morgan fingerprint density at radius 1 is 1.00 bits per heavy atom. The molecule has 0 spiro atoms. The van der Waals surface area contributed by atoms with E-state index in [0.29, 0.717) is 0 Å². The van der Waals surface area contributed by atoms with E-state index in [4.69, 9.17) is 4.98 Å². The van der Waals surface area contributed by atoms with Gasteiger partial charge in [0.05, 0.1) is 5.39 Å². The number of anilines is 1. The van der Waals surface area contributed by atoms with Gasteiger partial charge in [-0.15, -0.1) is 11.3 Å². The predicted octanol–water partition coefficient (Wildman–Crippen LogP) is 4.99. The molecule has 6 heteroatoms. The number of thiophene rings is 1. The normalized spacial score (nSPS) is 19.6. The summed E-state index contributed by atoms with van der Waals surface area (Å²) >= 11 is 1.71. The van der Waals surface area contributed by atoms with E-state index < -0.39 is 0 Å². The molecule has 2 fully saturated rings. The lowest BCUT2D eigenvalue weighted by atomic mass is 9.91. The standard InChI is InChI=1S/C26H35N5S/c1-29-13-11-22(12-14-29)31-16-9-20(10-17-31)8-15-30(2)25-24-23(21-6-4-3-5-7-21)18-32-26(24)28-19-27-25/h3-7,18-20,22H,8-17H2,1-2H3. The monoisotopic (exact) mass is 449 g/mol. The van der Waals surface area contributed by atoms with Crippen molar-refractivity contribution in [2.24, 2.45) is 5.92 Å². The van der Waals surface area contributed by atoms with Gasteiger partial charge in [0, 0.05) is 30.6 Å². The zero-order chi connectivity index (χ0) is 21.9. The minimum atomic E-state index is 0.819. The minimum absolute atomic E-state index is 0.819. The molecule has 0 bridgehead atoms. The van der Waals surface area contributed by atoms with Crippen LogP contribution in [0.15, 0.2) is 42.0 Å². The molecule has 3 aromatic rings. The second-order valence-corrected chi connectivity index (χ2v) is 10.5. The Bertz CT molecular complexity index is 1000. The Balaban J connectivity index is 1.21. The molecule has 0 unspecified atom stereocenters. The Morgan fingerprint density at radius 2 is 1.75 bits per heavy atom. The summed E-state index contributed by atoms with van der Waals surface area (Å²) < 4.78 is 0. The molecule has 0 saturated carbocycles. The first-order chi connectivity index (χ1) is 15.7. The Labute approximate surface area is 196 Å². The molecule has 0 N–H and O–H groups in total. The number of fused-ring (bicyclic) bond motifs is 1. The Morgan fingerprint density at radius 3 is 2.50 bits per heavy atom. The van der Waals surface area contributed by atoms with Crippen LogP contribution < -0.4 is 4.90 Å². The van der Waals surface area contributed by atoms with E-state index in [9.17, 15) is 0 Å². The summed E-state index contributed by atoms with van der Waals surface area (Å²) in [7, 11) is 4.45. The molecule has 2 aliphatic heterocycles. The molecule has 2 saturated heterocycles. The van der Waals surface area contributed by atoms with Gasteiger partial charge in [-0.2, -0.15) is 0 Å². The van der Waals surface area contributed by atoms with Crippen molar-refractivity contribution in [1.29, 1.82) is 0 Å². The first-order valence-electron chi connectivity index (χ1n) is 12.1. The first-order valence-corrected chi connectivity index (χ1v) is 13.0. The van der Waals surface area contributed by atoms with Crippen LogP contribution in [0, 0.1) is 5.92 Å². The SMILES string of the molecule is CN1CCC(N2CCC(CCN(C)c3ncnc4scc(-c5ccccc5)c34)CC2)CC1. The third-order valence-corrected chi connectivity index (χ3v) is 8.41. The third kappa shape index (κ3) is 4.68. The fourth-order valence-electron chi connectivity index (χ4n) is 5.43. The van der Waals surface area contributed by atoms with Crippen molar-refractivity contribution < 1.29 is 0 Å². The number of benzene rings is 1. The van der Waals surface area contributed by atoms with Crippen molar-refractivity contribution in [1.82, 2.24) is 19.8 Å².